The number of carbonyl (C=O) groups is 2. The molecule has 0 spiro atoms. The summed E-state index contributed by atoms with van der Waals surface area (Å²) in [6, 6.07) is 2.07. The molecule has 1 aromatic rings. The minimum atomic E-state index is -0.259. The summed E-state index contributed by atoms with van der Waals surface area (Å²) in [5, 5.41) is 0. The lowest BCUT2D eigenvalue weighted by atomic mass is 9.48. The van der Waals surface area contributed by atoms with Gasteiger partial charge in [-0.25, -0.2) is 4.79 Å². The summed E-state index contributed by atoms with van der Waals surface area (Å²) >= 11 is 0. The molecular weight excluding hydrogens is 414 g/mol. The number of carbonyl (C=O) groups excluding carboxylic acids is 2. The van der Waals surface area contributed by atoms with Gasteiger partial charge in [0.25, 0.3) is 0 Å². The zero-order valence-electron chi connectivity index (χ0n) is 20.7. The lowest BCUT2D eigenvalue weighted by Gasteiger charge is -2.57. The van der Waals surface area contributed by atoms with Gasteiger partial charge in [0.1, 0.15) is 6.10 Å². The number of allylic oxidation sites excluding steroid dienone is 1. The van der Waals surface area contributed by atoms with Crippen LogP contribution in [0.1, 0.15) is 93.5 Å². The van der Waals surface area contributed by atoms with E-state index in [0.717, 1.165) is 44.2 Å². The lowest BCUT2D eigenvalue weighted by molar-refractivity contribution is -0.148. The molecule has 0 bridgehead atoms. The van der Waals surface area contributed by atoms with Crippen LogP contribution >= 0.6 is 0 Å². The van der Waals surface area contributed by atoms with Crippen molar-refractivity contribution in [1.29, 1.82) is 0 Å². The number of nitrogens with zero attached hydrogens (tertiary/aromatic N) is 1. The van der Waals surface area contributed by atoms with Crippen LogP contribution in [0.15, 0.2) is 17.7 Å². The maximum absolute atomic E-state index is 12.5. The molecule has 0 radical (unpaired) electrons. The maximum Gasteiger partial charge on any atom is 0.339 e. The van der Waals surface area contributed by atoms with Crippen molar-refractivity contribution in [1.82, 2.24) is 4.98 Å². The fourth-order valence-corrected chi connectivity index (χ4v) is 7.90. The summed E-state index contributed by atoms with van der Waals surface area (Å²) < 4.78 is 10.9. The molecule has 178 valence electrons. The Morgan fingerprint density at radius 3 is 2.61 bits per heavy atom. The van der Waals surface area contributed by atoms with E-state index in [1.165, 1.54) is 30.2 Å². The highest BCUT2D eigenvalue weighted by atomic mass is 16.5. The Labute approximate surface area is 197 Å². The van der Waals surface area contributed by atoms with Crippen molar-refractivity contribution in [3.63, 3.8) is 0 Å². The molecule has 0 amide bonds. The van der Waals surface area contributed by atoms with E-state index in [-0.39, 0.29) is 28.9 Å². The lowest BCUT2D eigenvalue weighted by Crippen LogP contribution is -2.51. The molecule has 4 aliphatic rings. The highest BCUT2D eigenvalue weighted by Crippen LogP contribution is 2.64. The largest absolute Gasteiger partial charge is 0.462 e. The van der Waals surface area contributed by atoms with E-state index in [0.29, 0.717) is 29.9 Å². The monoisotopic (exact) mass is 451 g/mol. The number of rotatable bonds is 3. The van der Waals surface area contributed by atoms with Crippen LogP contribution in [0.3, 0.4) is 0 Å². The number of fused-ring (bicyclic) bond motifs is 7. The van der Waals surface area contributed by atoms with Crippen molar-refractivity contribution in [2.75, 3.05) is 6.61 Å². The normalized spacial score (nSPS) is 36.6. The first kappa shape index (κ1) is 22.6. The number of hydrogen-bond acceptors (Lipinski definition) is 5. The average molecular weight is 452 g/mol. The molecule has 5 heteroatoms. The average Bonchev–Trinajstić information content (AvgIpc) is 3.05. The van der Waals surface area contributed by atoms with Crippen LogP contribution in [0.5, 0.6) is 0 Å². The molecule has 1 aromatic heterocycles. The minimum Gasteiger partial charge on any atom is -0.462 e. The highest BCUT2D eigenvalue weighted by molar-refractivity contribution is 5.91. The summed E-state index contributed by atoms with van der Waals surface area (Å²) in [4.78, 5) is 29.0. The molecule has 0 N–H and O–H groups in total. The number of aryl methyl sites for hydroxylation is 1. The van der Waals surface area contributed by atoms with Crippen molar-refractivity contribution in [3.05, 3.63) is 40.2 Å². The number of esters is 2. The Hall–Kier alpha value is -2.17. The fourth-order valence-electron chi connectivity index (χ4n) is 7.90. The summed E-state index contributed by atoms with van der Waals surface area (Å²) in [5.74, 6) is 1.42. The molecule has 0 aliphatic heterocycles. The van der Waals surface area contributed by atoms with E-state index in [1.54, 1.807) is 0 Å². The molecule has 0 aromatic carbocycles. The van der Waals surface area contributed by atoms with Crippen LogP contribution in [-0.4, -0.2) is 29.6 Å². The van der Waals surface area contributed by atoms with Crippen molar-refractivity contribution >= 4 is 11.9 Å². The van der Waals surface area contributed by atoms with Crippen molar-refractivity contribution in [3.8, 4) is 0 Å². The van der Waals surface area contributed by atoms with E-state index in [1.807, 2.05) is 13.8 Å². The van der Waals surface area contributed by atoms with Gasteiger partial charge in [0.15, 0.2) is 0 Å². The zero-order chi connectivity index (χ0) is 23.5. The van der Waals surface area contributed by atoms with Gasteiger partial charge in [-0.2, -0.15) is 0 Å². The number of pyridine rings is 1. The standard InChI is InChI=1S/C28H37NO4/c1-6-32-26(31)22-13-18-14-24-21-8-7-19-15-20(33-17(3)30)9-11-27(19,4)23(21)10-12-28(24,5)25(18)29-16(22)2/h7,13,20-21,23-24H,6,8-12,14-15H2,1-5H3/t20-,21+,23-,24-,27-,28-/m0/s1. The molecule has 1 heterocycles. The van der Waals surface area contributed by atoms with E-state index in [9.17, 15) is 9.59 Å². The minimum absolute atomic E-state index is 0.0384. The SMILES string of the molecule is CCOC(=O)c1cc2c(nc1C)[C@@]1(C)CC[C@H]3[C@@H](CC=C4C[C@@H](OC(C)=O)CC[C@@]43C)[C@@H]1C2. The van der Waals surface area contributed by atoms with Crippen LogP contribution < -0.4 is 0 Å². The van der Waals surface area contributed by atoms with Gasteiger partial charge in [-0.1, -0.05) is 25.5 Å². The maximum atomic E-state index is 12.5. The quantitative estimate of drug-likeness (QED) is 0.450. The smallest absolute Gasteiger partial charge is 0.339 e. The van der Waals surface area contributed by atoms with Gasteiger partial charge in [0.05, 0.1) is 23.6 Å². The van der Waals surface area contributed by atoms with Crippen LogP contribution in [0.25, 0.3) is 0 Å². The first-order chi connectivity index (χ1) is 15.7. The van der Waals surface area contributed by atoms with E-state index >= 15 is 0 Å². The number of hydrogen-bond donors (Lipinski definition) is 0. The Morgan fingerprint density at radius 1 is 1.12 bits per heavy atom. The molecule has 5 nitrogen and oxygen atoms in total. The van der Waals surface area contributed by atoms with Crippen molar-refractivity contribution in [2.24, 2.45) is 23.2 Å². The molecule has 2 saturated carbocycles. The van der Waals surface area contributed by atoms with Gasteiger partial charge in [0, 0.05) is 18.8 Å². The van der Waals surface area contributed by atoms with Gasteiger partial charge < -0.3 is 9.47 Å². The van der Waals surface area contributed by atoms with Crippen LogP contribution in [0.4, 0.5) is 0 Å². The second-order valence-corrected chi connectivity index (χ2v) is 11.2. The third-order valence-electron chi connectivity index (χ3n) is 9.55. The van der Waals surface area contributed by atoms with E-state index in [4.69, 9.17) is 14.5 Å². The fraction of sp³-hybridized carbons (Fsp3) is 0.679. The molecule has 2 fully saturated rings. The summed E-state index contributed by atoms with van der Waals surface area (Å²) in [5.41, 5.74) is 5.67. The third-order valence-corrected chi connectivity index (χ3v) is 9.55. The van der Waals surface area contributed by atoms with E-state index in [2.05, 4.69) is 26.0 Å². The Bertz CT molecular complexity index is 1030. The highest BCUT2D eigenvalue weighted by Gasteiger charge is 2.58. The molecular formula is C28H37NO4. The van der Waals surface area contributed by atoms with Crippen LogP contribution in [0, 0.1) is 30.1 Å². The zero-order valence-corrected chi connectivity index (χ0v) is 20.7. The van der Waals surface area contributed by atoms with Gasteiger partial charge in [0.2, 0.25) is 0 Å². The van der Waals surface area contributed by atoms with Crippen molar-refractivity contribution < 1.29 is 19.1 Å². The number of aromatic nitrogens is 1. The second kappa shape index (κ2) is 7.95. The van der Waals surface area contributed by atoms with Crippen LogP contribution in [-0.2, 0) is 26.1 Å². The van der Waals surface area contributed by atoms with E-state index < -0.39 is 0 Å². The Balaban J connectivity index is 1.44. The summed E-state index contributed by atoms with van der Waals surface area (Å²) in [6.07, 6.45) is 9.93. The second-order valence-electron chi connectivity index (χ2n) is 11.2. The van der Waals surface area contributed by atoms with Crippen LogP contribution in [0.2, 0.25) is 0 Å². The summed E-state index contributed by atoms with van der Waals surface area (Å²) in [7, 11) is 0. The predicted octanol–water partition coefficient (Wildman–Crippen LogP) is 5.47. The predicted molar refractivity (Wildman–Crippen MR) is 126 cm³/mol. The molecule has 6 atom stereocenters. The number of ether oxygens (including phenoxy) is 2. The summed E-state index contributed by atoms with van der Waals surface area (Å²) in [6.45, 7) is 10.6. The third kappa shape index (κ3) is 3.45. The molecule has 4 aliphatic carbocycles. The molecule has 5 rings (SSSR count). The van der Waals surface area contributed by atoms with Gasteiger partial charge >= 0.3 is 11.9 Å². The topological polar surface area (TPSA) is 65.5 Å². The molecule has 0 saturated heterocycles. The Morgan fingerprint density at radius 2 is 1.88 bits per heavy atom. The van der Waals surface area contributed by atoms with Gasteiger partial charge in [-0.05, 0) is 87.2 Å². The first-order valence-electron chi connectivity index (χ1n) is 12.7. The van der Waals surface area contributed by atoms with Crippen molar-refractivity contribution in [2.45, 2.75) is 91.1 Å². The van der Waals surface area contributed by atoms with Gasteiger partial charge in [-0.3, -0.25) is 9.78 Å². The first-order valence-corrected chi connectivity index (χ1v) is 12.7. The Kier molecular flexibility index (Phi) is 5.45. The molecule has 0 unspecified atom stereocenters. The van der Waals surface area contributed by atoms with Gasteiger partial charge in [-0.15, -0.1) is 0 Å². The molecule has 33 heavy (non-hydrogen) atoms.